The number of nitrogens with one attached hydrogen (secondary N) is 1. The predicted octanol–water partition coefficient (Wildman–Crippen LogP) is 3.68. The normalized spacial score (nSPS) is 20.0. The lowest BCUT2D eigenvalue weighted by Gasteiger charge is -2.23. The van der Waals surface area contributed by atoms with Gasteiger partial charge in [-0.2, -0.15) is 0 Å². The first-order valence-corrected chi connectivity index (χ1v) is 7.95. The van der Waals surface area contributed by atoms with E-state index in [9.17, 15) is 0 Å². The number of aryl methyl sites for hydroxylation is 1. The van der Waals surface area contributed by atoms with Crippen LogP contribution < -0.4 is 5.32 Å². The van der Waals surface area contributed by atoms with E-state index in [1.807, 2.05) is 0 Å². The van der Waals surface area contributed by atoms with Crippen molar-refractivity contribution in [3.05, 3.63) is 28.5 Å². The third-order valence-electron chi connectivity index (χ3n) is 3.85. The van der Waals surface area contributed by atoms with E-state index in [2.05, 4.69) is 50.9 Å². The second kappa shape index (κ2) is 5.63. The number of benzene rings is 1. The third kappa shape index (κ3) is 2.56. The van der Waals surface area contributed by atoms with Gasteiger partial charge in [-0.3, -0.25) is 0 Å². The Morgan fingerprint density at radius 1 is 1.47 bits per heavy atom. The van der Waals surface area contributed by atoms with Crippen LogP contribution in [0, 0.1) is 0 Å². The van der Waals surface area contributed by atoms with Crippen molar-refractivity contribution < 1.29 is 0 Å². The van der Waals surface area contributed by atoms with Crippen LogP contribution in [0.5, 0.6) is 0 Å². The fraction of sp³-hybridized carbons (Fsp3) is 0.533. The van der Waals surface area contributed by atoms with E-state index in [1.54, 1.807) is 0 Å². The van der Waals surface area contributed by atoms with Gasteiger partial charge in [-0.1, -0.05) is 22.9 Å². The van der Waals surface area contributed by atoms with Gasteiger partial charge in [0.05, 0.1) is 11.0 Å². The highest BCUT2D eigenvalue weighted by Gasteiger charge is 2.21. The molecule has 2 aromatic rings. The van der Waals surface area contributed by atoms with Crippen LogP contribution in [0.25, 0.3) is 11.0 Å². The van der Waals surface area contributed by atoms with E-state index in [0.717, 1.165) is 36.0 Å². The number of hydrogen-bond acceptors (Lipinski definition) is 2. The maximum Gasteiger partial charge on any atom is 0.114 e. The van der Waals surface area contributed by atoms with Gasteiger partial charge in [0.1, 0.15) is 5.82 Å². The molecular formula is C15H20BrN3. The Kier molecular flexibility index (Phi) is 3.89. The van der Waals surface area contributed by atoms with Crippen molar-refractivity contribution in [2.75, 3.05) is 13.1 Å². The molecule has 1 aliphatic heterocycles. The summed E-state index contributed by atoms with van der Waals surface area (Å²) in [6.45, 7) is 5.50. The number of fused-ring (bicyclic) bond motifs is 1. The van der Waals surface area contributed by atoms with E-state index in [0.29, 0.717) is 5.92 Å². The zero-order chi connectivity index (χ0) is 13.2. The lowest BCUT2D eigenvalue weighted by atomic mass is 9.99. The highest BCUT2D eigenvalue weighted by molar-refractivity contribution is 9.10. The average molecular weight is 322 g/mol. The van der Waals surface area contributed by atoms with Crippen LogP contribution >= 0.6 is 15.9 Å². The molecule has 1 aromatic carbocycles. The zero-order valence-corrected chi connectivity index (χ0v) is 12.9. The van der Waals surface area contributed by atoms with Gasteiger partial charge in [0.25, 0.3) is 0 Å². The third-order valence-corrected chi connectivity index (χ3v) is 4.34. The molecule has 0 bridgehead atoms. The quantitative estimate of drug-likeness (QED) is 0.934. The minimum Gasteiger partial charge on any atom is -0.328 e. The number of aromatic nitrogens is 2. The smallest absolute Gasteiger partial charge is 0.114 e. The minimum absolute atomic E-state index is 0.562. The highest BCUT2D eigenvalue weighted by atomic mass is 79.9. The van der Waals surface area contributed by atoms with E-state index < -0.39 is 0 Å². The topological polar surface area (TPSA) is 29.9 Å². The molecule has 0 spiro atoms. The Bertz CT molecular complexity index is 570. The molecule has 1 fully saturated rings. The van der Waals surface area contributed by atoms with Crippen LogP contribution in [0.4, 0.5) is 0 Å². The summed E-state index contributed by atoms with van der Waals surface area (Å²) in [5.41, 5.74) is 2.38. The molecule has 1 aromatic heterocycles. The summed E-state index contributed by atoms with van der Waals surface area (Å²) in [7, 11) is 0. The molecule has 0 radical (unpaired) electrons. The van der Waals surface area contributed by atoms with Crippen LogP contribution in [0.3, 0.4) is 0 Å². The molecule has 0 amide bonds. The molecule has 0 aliphatic carbocycles. The molecule has 1 atom stereocenters. The van der Waals surface area contributed by atoms with Gasteiger partial charge in [-0.25, -0.2) is 4.98 Å². The molecule has 0 saturated carbocycles. The largest absolute Gasteiger partial charge is 0.328 e. The average Bonchev–Trinajstić information content (AvgIpc) is 2.78. The summed E-state index contributed by atoms with van der Waals surface area (Å²) in [6, 6.07) is 6.42. The Labute approximate surface area is 122 Å². The maximum absolute atomic E-state index is 4.91. The molecule has 4 heteroatoms. The number of piperidine rings is 1. The Balaban J connectivity index is 2.08. The zero-order valence-electron chi connectivity index (χ0n) is 11.3. The van der Waals surface area contributed by atoms with Gasteiger partial charge >= 0.3 is 0 Å². The first kappa shape index (κ1) is 13.1. The second-order valence-corrected chi connectivity index (χ2v) is 6.21. The summed E-state index contributed by atoms with van der Waals surface area (Å²) in [4.78, 5) is 4.91. The maximum atomic E-state index is 4.91. The van der Waals surface area contributed by atoms with Crippen molar-refractivity contribution >= 4 is 27.0 Å². The summed E-state index contributed by atoms with van der Waals surface area (Å²) in [5.74, 6) is 1.83. The van der Waals surface area contributed by atoms with E-state index in [1.165, 1.54) is 24.2 Å². The molecule has 1 N–H and O–H groups in total. The molecule has 2 heterocycles. The van der Waals surface area contributed by atoms with Gasteiger partial charge in [-0.15, -0.1) is 0 Å². The number of rotatable bonds is 3. The number of halogens is 1. The van der Waals surface area contributed by atoms with E-state index in [4.69, 9.17) is 4.98 Å². The lowest BCUT2D eigenvalue weighted by molar-refractivity contribution is 0.433. The fourth-order valence-corrected chi connectivity index (χ4v) is 3.31. The molecule has 102 valence electrons. The highest BCUT2D eigenvalue weighted by Crippen LogP contribution is 2.28. The van der Waals surface area contributed by atoms with Crippen LogP contribution in [-0.2, 0) is 6.54 Å². The SMILES string of the molecule is CCCn1c(C2CCCNC2)nc2cc(Br)ccc21. The van der Waals surface area contributed by atoms with Crippen molar-refractivity contribution in [1.82, 2.24) is 14.9 Å². The van der Waals surface area contributed by atoms with Crippen molar-refractivity contribution in [2.24, 2.45) is 0 Å². The lowest BCUT2D eigenvalue weighted by Crippen LogP contribution is -2.30. The van der Waals surface area contributed by atoms with Crippen LogP contribution in [-0.4, -0.2) is 22.6 Å². The Morgan fingerprint density at radius 3 is 3.11 bits per heavy atom. The molecule has 3 rings (SSSR count). The molecule has 19 heavy (non-hydrogen) atoms. The molecular weight excluding hydrogens is 302 g/mol. The van der Waals surface area contributed by atoms with E-state index in [-0.39, 0.29) is 0 Å². The summed E-state index contributed by atoms with van der Waals surface area (Å²) < 4.78 is 3.52. The second-order valence-electron chi connectivity index (χ2n) is 5.30. The fourth-order valence-electron chi connectivity index (χ4n) is 2.96. The molecule has 1 aliphatic rings. The van der Waals surface area contributed by atoms with Crippen molar-refractivity contribution in [3.63, 3.8) is 0 Å². The van der Waals surface area contributed by atoms with Crippen molar-refractivity contribution in [1.29, 1.82) is 0 Å². The monoisotopic (exact) mass is 321 g/mol. The van der Waals surface area contributed by atoms with Gasteiger partial charge in [0, 0.05) is 23.5 Å². The van der Waals surface area contributed by atoms with Crippen molar-refractivity contribution in [3.8, 4) is 0 Å². The van der Waals surface area contributed by atoms with Gasteiger partial charge in [0.15, 0.2) is 0 Å². The number of nitrogens with zero attached hydrogens (tertiary/aromatic N) is 2. The number of hydrogen-bond donors (Lipinski definition) is 1. The predicted molar refractivity (Wildman–Crippen MR) is 82.6 cm³/mol. The van der Waals surface area contributed by atoms with E-state index >= 15 is 0 Å². The van der Waals surface area contributed by atoms with Gasteiger partial charge < -0.3 is 9.88 Å². The summed E-state index contributed by atoms with van der Waals surface area (Å²) >= 11 is 3.54. The summed E-state index contributed by atoms with van der Waals surface area (Å²) in [6.07, 6.45) is 3.65. The van der Waals surface area contributed by atoms with Gasteiger partial charge in [-0.05, 0) is 44.0 Å². The first-order chi connectivity index (χ1) is 9.29. The standard InChI is InChI=1S/C15H20BrN3/c1-2-8-19-14-6-5-12(16)9-13(14)18-15(19)11-4-3-7-17-10-11/h5-6,9,11,17H,2-4,7-8,10H2,1H3. The number of imidazole rings is 1. The molecule has 1 unspecified atom stereocenters. The first-order valence-electron chi connectivity index (χ1n) is 7.16. The van der Waals surface area contributed by atoms with Crippen LogP contribution in [0.15, 0.2) is 22.7 Å². The minimum atomic E-state index is 0.562. The van der Waals surface area contributed by atoms with Crippen LogP contribution in [0.2, 0.25) is 0 Å². The van der Waals surface area contributed by atoms with Gasteiger partial charge in [0.2, 0.25) is 0 Å². The van der Waals surface area contributed by atoms with Crippen molar-refractivity contribution in [2.45, 2.75) is 38.6 Å². The molecule has 1 saturated heterocycles. The Morgan fingerprint density at radius 2 is 2.37 bits per heavy atom. The summed E-state index contributed by atoms with van der Waals surface area (Å²) in [5, 5.41) is 3.50. The molecule has 3 nitrogen and oxygen atoms in total. The van der Waals surface area contributed by atoms with Crippen LogP contribution in [0.1, 0.15) is 37.9 Å². The Hall–Kier alpha value is -0.870.